The minimum absolute atomic E-state index is 0.0585. The third kappa shape index (κ3) is 3.21. The lowest BCUT2D eigenvalue weighted by Gasteiger charge is -2.26. The van der Waals surface area contributed by atoms with Crippen LogP contribution in [0.15, 0.2) is 42.6 Å². The summed E-state index contributed by atoms with van der Waals surface area (Å²) in [5.74, 6) is -0.0585. The second-order valence-corrected chi connectivity index (χ2v) is 5.40. The molecule has 1 aromatic carbocycles. The maximum Gasteiger partial charge on any atom is 0.221 e. The Bertz CT molecular complexity index is 654. The summed E-state index contributed by atoms with van der Waals surface area (Å²) in [7, 11) is 0. The number of benzene rings is 1. The van der Waals surface area contributed by atoms with Crippen LogP contribution in [0.1, 0.15) is 37.1 Å². The fourth-order valence-electron chi connectivity index (χ4n) is 2.84. The molecule has 0 spiro atoms. The molecule has 3 rings (SSSR count). The minimum Gasteiger partial charge on any atom is -0.377 e. The van der Waals surface area contributed by atoms with Crippen molar-refractivity contribution in [3.63, 3.8) is 0 Å². The molecule has 0 saturated heterocycles. The van der Waals surface area contributed by atoms with Crippen LogP contribution in [-0.2, 0) is 11.2 Å². The smallest absolute Gasteiger partial charge is 0.221 e. The Kier molecular flexibility index (Phi) is 3.86. The molecule has 2 N–H and O–H groups in total. The zero-order valence-corrected chi connectivity index (χ0v) is 12.1. The van der Waals surface area contributed by atoms with Crippen LogP contribution in [0.25, 0.3) is 0 Å². The number of carbonyl (C=O) groups is 1. The van der Waals surface area contributed by atoms with Gasteiger partial charge >= 0.3 is 0 Å². The van der Waals surface area contributed by atoms with Crippen molar-refractivity contribution in [1.29, 1.82) is 0 Å². The average Bonchev–Trinajstić information content (AvgIpc) is 2.47. The molecule has 108 valence electrons. The van der Waals surface area contributed by atoms with Crippen LogP contribution < -0.4 is 10.6 Å². The van der Waals surface area contributed by atoms with E-state index in [0.717, 1.165) is 29.9 Å². The Labute approximate surface area is 124 Å². The molecule has 1 aliphatic carbocycles. The van der Waals surface area contributed by atoms with Crippen LogP contribution >= 0.6 is 0 Å². The van der Waals surface area contributed by atoms with E-state index in [2.05, 4.69) is 21.7 Å². The summed E-state index contributed by atoms with van der Waals surface area (Å²) < 4.78 is 0. The van der Waals surface area contributed by atoms with Crippen LogP contribution in [0.4, 0.5) is 11.4 Å². The molecule has 1 aromatic heterocycles. The van der Waals surface area contributed by atoms with Gasteiger partial charge in [0.25, 0.3) is 0 Å². The van der Waals surface area contributed by atoms with Gasteiger partial charge in [-0.15, -0.1) is 0 Å². The summed E-state index contributed by atoms with van der Waals surface area (Å²) in [6.45, 7) is 1.52. The highest BCUT2D eigenvalue weighted by Crippen LogP contribution is 2.31. The summed E-state index contributed by atoms with van der Waals surface area (Å²) in [4.78, 5) is 15.7. The molecule has 0 aliphatic heterocycles. The average molecular weight is 281 g/mol. The number of carbonyl (C=O) groups excluding carboxylic acids is 1. The third-order valence-electron chi connectivity index (χ3n) is 3.72. The zero-order valence-electron chi connectivity index (χ0n) is 12.1. The van der Waals surface area contributed by atoms with E-state index in [1.54, 1.807) is 0 Å². The van der Waals surface area contributed by atoms with E-state index in [9.17, 15) is 4.79 Å². The van der Waals surface area contributed by atoms with Crippen LogP contribution in [0.5, 0.6) is 0 Å². The first-order valence-electron chi connectivity index (χ1n) is 7.30. The molecule has 1 amide bonds. The number of hydrogen-bond acceptors (Lipinski definition) is 3. The Balaban J connectivity index is 1.80. The van der Waals surface area contributed by atoms with Gasteiger partial charge in [0, 0.05) is 24.5 Å². The molecular weight excluding hydrogens is 262 g/mol. The first-order chi connectivity index (χ1) is 10.2. The quantitative estimate of drug-likeness (QED) is 0.905. The summed E-state index contributed by atoms with van der Waals surface area (Å²) in [6, 6.07) is 12.2. The van der Waals surface area contributed by atoms with E-state index in [1.807, 2.05) is 36.5 Å². The van der Waals surface area contributed by atoms with E-state index in [4.69, 9.17) is 0 Å². The van der Waals surface area contributed by atoms with Gasteiger partial charge in [0.2, 0.25) is 5.91 Å². The number of rotatable bonds is 3. The number of nitrogens with zero attached hydrogens (tertiary/aromatic N) is 1. The number of nitrogens with one attached hydrogen (secondary N) is 2. The van der Waals surface area contributed by atoms with Gasteiger partial charge in [-0.05, 0) is 49.1 Å². The molecule has 0 fully saturated rings. The molecule has 4 heteroatoms. The lowest BCUT2D eigenvalue weighted by Crippen LogP contribution is -2.19. The van der Waals surface area contributed by atoms with Crippen LogP contribution in [0, 0.1) is 0 Å². The number of fused-ring (bicyclic) bond motifs is 1. The second kappa shape index (κ2) is 5.95. The normalized spacial score (nSPS) is 16.9. The summed E-state index contributed by atoms with van der Waals surface area (Å²) in [5.41, 5.74) is 4.29. The molecule has 2 aromatic rings. The number of amides is 1. The van der Waals surface area contributed by atoms with E-state index in [1.165, 1.54) is 18.9 Å². The number of anilines is 2. The molecule has 1 unspecified atom stereocenters. The largest absolute Gasteiger partial charge is 0.377 e. The molecule has 0 radical (unpaired) electrons. The van der Waals surface area contributed by atoms with Crippen LogP contribution in [0.2, 0.25) is 0 Å². The molecule has 21 heavy (non-hydrogen) atoms. The van der Waals surface area contributed by atoms with Crippen molar-refractivity contribution in [1.82, 2.24) is 4.98 Å². The standard InChI is InChI=1S/C17H19N3O/c1-12(21)19-14-7-3-8-15(11-14)20-16-9-2-5-13-6-4-10-18-17(13)16/h3-4,6-8,10-11,16,20H,2,5,9H2,1H3,(H,19,21). The fourth-order valence-corrected chi connectivity index (χ4v) is 2.84. The lowest BCUT2D eigenvalue weighted by molar-refractivity contribution is -0.114. The second-order valence-electron chi connectivity index (χ2n) is 5.40. The predicted molar refractivity (Wildman–Crippen MR) is 84.3 cm³/mol. The zero-order chi connectivity index (χ0) is 14.7. The molecule has 1 heterocycles. The van der Waals surface area contributed by atoms with Crippen molar-refractivity contribution in [2.75, 3.05) is 10.6 Å². The van der Waals surface area contributed by atoms with E-state index >= 15 is 0 Å². The van der Waals surface area contributed by atoms with Crippen LogP contribution in [0.3, 0.4) is 0 Å². The highest BCUT2D eigenvalue weighted by Gasteiger charge is 2.20. The molecule has 4 nitrogen and oxygen atoms in total. The van der Waals surface area contributed by atoms with Gasteiger partial charge in [0.05, 0.1) is 11.7 Å². The van der Waals surface area contributed by atoms with Gasteiger partial charge in [-0.3, -0.25) is 9.78 Å². The number of aromatic nitrogens is 1. The van der Waals surface area contributed by atoms with Crippen molar-refractivity contribution in [2.45, 2.75) is 32.2 Å². The molecular formula is C17H19N3O. The van der Waals surface area contributed by atoms with E-state index in [0.29, 0.717) is 0 Å². The maximum absolute atomic E-state index is 11.1. The van der Waals surface area contributed by atoms with Crippen molar-refractivity contribution < 1.29 is 4.79 Å². The van der Waals surface area contributed by atoms with Gasteiger partial charge in [0.15, 0.2) is 0 Å². The summed E-state index contributed by atoms with van der Waals surface area (Å²) >= 11 is 0. The van der Waals surface area contributed by atoms with Crippen molar-refractivity contribution in [3.8, 4) is 0 Å². The SMILES string of the molecule is CC(=O)Nc1cccc(NC2CCCc3cccnc32)c1. The Hall–Kier alpha value is -2.36. The number of pyridine rings is 1. The lowest BCUT2D eigenvalue weighted by atomic mass is 9.92. The number of hydrogen-bond donors (Lipinski definition) is 2. The highest BCUT2D eigenvalue weighted by atomic mass is 16.1. The van der Waals surface area contributed by atoms with Crippen molar-refractivity contribution in [3.05, 3.63) is 53.9 Å². The highest BCUT2D eigenvalue weighted by molar-refractivity contribution is 5.89. The Morgan fingerprint density at radius 2 is 2.10 bits per heavy atom. The van der Waals surface area contributed by atoms with Crippen molar-refractivity contribution >= 4 is 17.3 Å². The molecule has 1 aliphatic rings. The van der Waals surface area contributed by atoms with Crippen LogP contribution in [-0.4, -0.2) is 10.9 Å². The van der Waals surface area contributed by atoms with E-state index < -0.39 is 0 Å². The summed E-state index contributed by atoms with van der Waals surface area (Å²) in [5, 5.41) is 6.34. The van der Waals surface area contributed by atoms with Gasteiger partial charge in [0.1, 0.15) is 0 Å². The van der Waals surface area contributed by atoms with Gasteiger partial charge in [-0.25, -0.2) is 0 Å². The fraction of sp³-hybridized carbons (Fsp3) is 0.294. The van der Waals surface area contributed by atoms with Gasteiger partial charge in [-0.2, -0.15) is 0 Å². The van der Waals surface area contributed by atoms with Crippen molar-refractivity contribution in [2.24, 2.45) is 0 Å². The van der Waals surface area contributed by atoms with Gasteiger partial charge < -0.3 is 10.6 Å². The topological polar surface area (TPSA) is 54.0 Å². The summed E-state index contributed by atoms with van der Waals surface area (Å²) in [6.07, 6.45) is 5.20. The van der Waals surface area contributed by atoms with Gasteiger partial charge in [-0.1, -0.05) is 12.1 Å². The molecule has 1 atom stereocenters. The molecule has 0 bridgehead atoms. The Morgan fingerprint density at radius 1 is 1.24 bits per heavy atom. The first-order valence-corrected chi connectivity index (χ1v) is 7.30. The predicted octanol–water partition coefficient (Wildman–Crippen LogP) is 3.53. The van der Waals surface area contributed by atoms with E-state index in [-0.39, 0.29) is 11.9 Å². The monoisotopic (exact) mass is 281 g/mol. The maximum atomic E-state index is 11.1. The molecule has 0 saturated carbocycles. The minimum atomic E-state index is -0.0585. The first kappa shape index (κ1) is 13.6. The Morgan fingerprint density at radius 3 is 2.95 bits per heavy atom. The third-order valence-corrected chi connectivity index (χ3v) is 3.72. The number of aryl methyl sites for hydroxylation is 1.